The minimum Gasteiger partial charge on any atom is -0.490 e. The lowest BCUT2D eigenvalue weighted by molar-refractivity contribution is -0.135. The van der Waals surface area contributed by atoms with Crippen molar-refractivity contribution in [2.24, 2.45) is 13.0 Å². The number of alkyl halides is 2. The van der Waals surface area contributed by atoms with Gasteiger partial charge < -0.3 is 19.4 Å². The number of ether oxygens (including phenoxy) is 1. The summed E-state index contributed by atoms with van der Waals surface area (Å²) in [5, 5.41) is 5.02. The van der Waals surface area contributed by atoms with Crippen LogP contribution in [0.15, 0.2) is 59.7 Å². The number of nitrogens with one attached hydrogen (secondary N) is 2. The summed E-state index contributed by atoms with van der Waals surface area (Å²) in [4.78, 5) is 62.4. The molecule has 1 unspecified atom stereocenters. The summed E-state index contributed by atoms with van der Waals surface area (Å²) in [6.45, 7) is 6.83. The fraction of sp³-hybridized carbons (Fsp3) is 0.476. The molecule has 2 N–H and O–H groups in total. The molecule has 6 heterocycles. The number of likely N-dealkylation sites (tertiary alicyclic amines) is 1. The molecule has 4 aromatic heterocycles. The number of piperidine rings is 2. The topological polar surface area (TPSA) is 145 Å². The van der Waals surface area contributed by atoms with Gasteiger partial charge in [0.25, 0.3) is 12.3 Å². The smallest absolute Gasteiger partial charge is 0.329 e. The molecule has 3 aliphatic rings. The number of imide groups is 1. The first kappa shape index (κ1) is 38.4. The number of carbonyl (C=O) groups is 3. The molecule has 57 heavy (non-hydrogen) atoms. The van der Waals surface area contributed by atoms with E-state index in [1.807, 2.05) is 30.5 Å². The normalized spacial score (nSPS) is 21.1. The van der Waals surface area contributed by atoms with Crippen LogP contribution in [-0.4, -0.2) is 71.9 Å². The third-order valence-corrected chi connectivity index (χ3v) is 11.9. The van der Waals surface area contributed by atoms with E-state index in [-0.39, 0.29) is 35.5 Å². The molecule has 3 amide bonds. The summed E-state index contributed by atoms with van der Waals surface area (Å²) in [6, 6.07) is 11.3. The van der Waals surface area contributed by atoms with Crippen molar-refractivity contribution in [3.8, 4) is 5.75 Å². The molecule has 15 heteroatoms. The van der Waals surface area contributed by atoms with Crippen molar-refractivity contribution in [1.82, 2.24) is 33.7 Å². The van der Waals surface area contributed by atoms with Crippen molar-refractivity contribution in [2.75, 3.05) is 25.0 Å². The van der Waals surface area contributed by atoms with Gasteiger partial charge in [-0.25, -0.2) is 23.5 Å². The van der Waals surface area contributed by atoms with Gasteiger partial charge in [-0.1, -0.05) is 12.1 Å². The molecule has 0 bridgehead atoms. The lowest BCUT2D eigenvalue weighted by Crippen LogP contribution is -2.44. The fourth-order valence-electron chi connectivity index (χ4n) is 8.90. The van der Waals surface area contributed by atoms with Crippen LogP contribution in [0.1, 0.15) is 117 Å². The first-order valence-corrected chi connectivity index (χ1v) is 19.9. The van der Waals surface area contributed by atoms with Crippen molar-refractivity contribution >= 4 is 40.2 Å². The van der Waals surface area contributed by atoms with E-state index in [9.17, 15) is 28.0 Å². The van der Waals surface area contributed by atoms with Crippen LogP contribution in [0.25, 0.3) is 16.7 Å². The van der Waals surface area contributed by atoms with Crippen molar-refractivity contribution in [1.29, 1.82) is 0 Å². The quantitative estimate of drug-likeness (QED) is 0.153. The Kier molecular flexibility index (Phi) is 10.7. The average Bonchev–Trinajstić information content (AvgIpc) is 3.72. The largest absolute Gasteiger partial charge is 0.490 e. The maximum atomic E-state index is 13.4. The summed E-state index contributed by atoms with van der Waals surface area (Å²) in [5.74, 6) is 0.444. The minimum absolute atomic E-state index is 0.0355. The first-order chi connectivity index (χ1) is 27.4. The Labute approximate surface area is 328 Å². The molecule has 13 nitrogen and oxygen atoms in total. The van der Waals surface area contributed by atoms with Crippen LogP contribution >= 0.6 is 0 Å². The number of pyridine rings is 2. The first-order valence-electron chi connectivity index (χ1n) is 19.9. The number of aryl methyl sites for hydroxylation is 1. The Morgan fingerprint density at radius 2 is 1.70 bits per heavy atom. The zero-order valence-corrected chi connectivity index (χ0v) is 32.4. The van der Waals surface area contributed by atoms with Crippen LogP contribution in [0.2, 0.25) is 0 Å². The van der Waals surface area contributed by atoms with Gasteiger partial charge in [-0.3, -0.25) is 28.8 Å². The third kappa shape index (κ3) is 7.94. The molecule has 2 aliphatic heterocycles. The van der Waals surface area contributed by atoms with Gasteiger partial charge in [-0.2, -0.15) is 0 Å². The number of aromatic nitrogens is 5. The maximum absolute atomic E-state index is 13.4. The van der Waals surface area contributed by atoms with E-state index in [0.717, 1.165) is 69.4 Å². The SMILES string of the molecule is CC(C)Oc1cc2nc([C@H]3CC[C@H](CN4CCC(c5ccc6c(c5)n(C)c(=O)n6C5CCC(=O)NC5=O)CC4)CC3)cn2cc1C(=O)Nc1cccc(C(F)F)n1. The zero-order valence-electron chi connectivity index (χ0n) is 32.4. The molecule has 0 radical (unpaired) electrons. The minimum atomic E-state index is -2.75. The number of hydrogen-bond donors (Lipinski definition) is 2. The molecule has 1 aromatic carbocycles. The van der Waals surface area contributed by atoms with Gasteiger partial charge in [0.05, 0.1) is 28.4 Å². The van der Waals surface area contributed by atoms with Crippen molar-refractivity contribution in [3.05, 3.63) is 87.9 Å². The summed E-state index contributed by atoms with van der Waals surface area (Å²) < 4.78 is 37.4. The summed E-state index contributed by atoms with van der Waals surface area (Å²) >= 11 is 0. The fourth-order valence-corrected chi connectivity index (χ4v) is 8.90. The van der Waals surface area contributed by atoms with Crippen LogP contribution in [0, 0.1) is 5.92 Å². The number of benzene rings is 1. The summed E-state index contributed by atoms with van der Waals surface area (Å²) in [5.41, 5.74) is 3.97. The predicted octanol–water partition coefficient (Wildman–Crippen LogP) is 6.49. The Balaban J connectivity index is 0.874. The third-order valence-electron chi connectivity index (χ3n) is 11.9. The second-order valence-corrected chi connectivity index (χ2v) is 16.1. The highest BCUT2D eigenvalue weighted by molar-refractivity contribution is 6.06. The Morgan fingerprint density at radius 3 is 2.42 bits per heavy atom. The molecular weight excluding hydrogens is 735 g/mol. The Hall–Kier alpha value is -5.44. The van der Waals surface area contributed by atoms with Gasteiger partial charge in [0.15, 0.2) is 0 Å². The summed E-state index contributed by atoms with van der Waals surface area (Å²) in [7, 11) is 1.74. The molecule has 1 atom stereocenters. The highest BCUT2D eigenvalue weighted by Gasteiger charge is 2.32. The lowest BCUT2D eigenvalue weighted by Gasteiger charge is -2.36. The number of rotatable bonds is 10. The standard InChI is InChI=1S/C42H48F2N8O5/c1-24(2)57-35-20-37-46-31(23-51(37)22-29(35)40(54)47-36-6-4-5-30(45-36)39(43)44)27-9-7-25(8-10-27)21-50-17-15-26(16-18-50)28-11-12-32-34(19-28)49(3)42(56)52(32)33-13-14-38(53)48-41(33)55/h4-6,11-12,19-20,22-27,33,39H,7-10,13-18,21H2,1-3H3,(H,45,47,54)(H,48,53,55)/t25-,27-,33?. The summed E-state index contributed by atoms with van der Waals surface area (Å²) in [6.07, 6.45) is 7.56. The number of fused-ring (bicyclic) bond motifs is 2. The van der Waals surface area contributed by atoms with Crippen LogP contribution in [0.4, 0.5) is 14.6 Å². The van der Waals surface area contributed by atoms with Gasteiger partial charge >= 0.3 is 5.69 Å². The molecule has 1 saturated carbocycles. The van der Waals surface area contributed by atoms with Gasteiger partial charge in [-0.15, -0.1) is 0 Å². The molecular formula is C42H48F2N8O5. The molecule has 0 spiro atoms. The van der Waals surface area contributed by atoms with E-state index < -0.39 is 30.0 Å². The molecule has 8 rings (SSSR count). The molecule has 5 aromatic rings. The number of imidazole rings is 2. The van der Waals surface area contributed by atoms with E-state index in [2.05, 4.69) is 32.7 Å². The van der Waals surface area contributed by atoms with E-state index in [1.165, 1.54) is 28.3 Å². The number of hydrogen-bond acceptors (Lipinski definition) is 8. The van der Waals surface area contributed by atoms with Gasteiger partial charge in [0, 0.05) is 44.4 Å². The highest BCUT2D eigenvalue weighted by atomic mass is 19.3. The molecule has 1 aliphatic carbocycles. The zero-order chi connectivity index (χ0) is 40.0. The number of amides is 3. The van der Waals surface area contributed by atoms with Crippen LogP contribution in [-0.2, 0) is 16.6 Å². The van der Waals surface area contributed by atoms with Crippen LogP contribution in [0.3, 0.4) is 0 Å². The lowest BCUT2D eigenvalue weighted by atomic mass is 9.80. The second kappa shape index (κ2) is 15.8. The Morgan fingerprint density at radius 1 is 0.930 bits per heavy atom. The van der Waals surface area contributed by atoms with E-state index >= 15 is 0 Å². The monoisotopic (exact) mass is 782 g/mol. The average molecular weight is 783 g/mol. The highest BCUT2D eigenvalue weighted by Crippen LogP contribution is 2.38. The Bertz CT molecular complexity index is 2390. The van der Waals surface area contributed by atoms with Crippen molar-refractivity contribution in [2.45, 2.75) is 95.6 Å². The van der Waals surface area contributed by atoms with Gasteiger partial charge in [0.1, 0.15) is 29.0 Å². The second-order valence-electron chi connectivity index (χ2n) is 16.1. The van der Waals surface area contributed by atoms with E-state index in [1.54, 1.807) is 23.9 Å². The van der Waals surface area contributed by atoms with E-state index in [4.69, 9.17) is 9.72 Å². The van der Waals surface area contributed by atoms with Gasteiger partial charge in [-0.05, 0) is 114 Å². The van der Waals surface area contributed by atoms with Crippen molar-refractivity contribution < 1.29 is 27.9 Å². The van der Waals surface area contributed by atoms with Crippen LogP contribution < -0.4 is 21.1 Å². The molecule has 300 valence electrons. The number of anilines is 1. The molecule has 2 saturated heterocycles. The number of carbonyl (C=O) groups excluding carboxylic acids is 3. The van der Waals surface area contributed by atoms with E-state index in [0.29, 0.717) is 41.1 Å². The van der Waals surface area contributed by atoms with Crippen LogP contribution in [0.5, 0.6) is 5.75 Å². The van der Waals surface area contributed by atoms with Crippen molar-refractivity contribution in [3.63, 3.8) is 0 Å². The van der Waals surface area contributed by atoms with Gasteiger partial charge in [0.2, 0.25) is 11.8 Å². The number of nitrogens with zero attached hydrogens (tertiary/aromatic N) is 6. The number of halogens is 2. The molecule has 3 fully saturated rings. The predicted molar refractivity (Wildman–Crippen MR) is 210 cm³/mol. The maximum Gasteiger partial charge on any atom is 0.329 e.